The lowest BCUT2D eigenvalue weighted by atomic mass is 10.1. The van der Waals surface area contributed by atoms with Crippen molar-refractivity contribution in [2.45, 2.75) is 25.8 Å². The third-order valence-corrected chi connectivity index (χ3v) is 4.71. The fourth-order valence-corrected chi connectivity index (χ4v) is 3.00. The molecule has 0 heterocycles. The number of rotatable bonds is 10. The highest BCUT2D eigenvalue weighted by Crippen LogP contribution is 2.22. The summed E-state index contributed by atoms with van der Waals surface area (Å²) in [7, 11) is 0. The van der Waals surface area contributed by atoms with Gasteiger partial charge in [-0.3, -0.25) is 14.4 Å². The maximum absolute atomic E-state index is 12.1. The van der Waals surface area contributed by atoms with Crippen LogP contribution in [0.3, 0.4) is 0 Å². The van der Waals surface area contributed by atoms with E-state index in [1.165, 1.54) is 0 Å². The quantitative estimate of drug-likeness (QED) is 0.443. The zero-order chi connectivity index (χ0) is 23.5. The highest BCUT2D eigenvalue weighted by Gasteiger charge is 2.13. The van der Waals surface area contributed by atoms with Crippen LogP contribution in [0.2, 0.25) is 0 Å². The van der Waals surface area contributed by atoms with Crippen LogP contribution in [0.25, 0.3) is 0 Å². The summed E-state index contributed by atoms with van der Waals surface area (Å²) in [6.07, 6.45) is -0.175. The molecule has 0 aliphatic carbocycles. The largest absolute Gasteiger partial charge is 0.457 e. The molecule has 170 valence electrons. The Bertz CT molecular complexity index is 1050. The van der Waals surface area contributed by atoms with Gasteiger partial charge in [0.2, 0.25) is 5.91 Å². The number of hydrogen-bond acceptors (Lipinski definition) is 5. The Kier molecular flexibility index (Phi) is 8.59. The first-order chi connectivity index (χ1) is 16.0. The van der Waals surface area contributed by atoms with Crippen LogP contribution in [0.1, 0.15) is 31.4 Å². The molecular formula is C26H26N2O5. The number of carbonyl (C=O) groups is 3. The second-order valence-corrected chi connectivity index (χ2v) is 7.35. The molecule has 1 atom stereocenters. The molecule has 0 saturated heterocycles. The van der Waals surface area contributed by atoms with Crippen LogP contribution in [0.4, 0.5) is 5.69 Å². The van der Waals surface area contributed by atoms with Gasteiger partial charge < -0.3 is 20.1 Å². The molecule has 2 N–H and O–H groups in total. The molecule has 0 aliphatic heterocycles. The summed E-state index contributed by atoms with van der Waals surface area (Å²) in [6, 6.07) is 25.5. The van der Waals surface area contributed by atoms with Gasteiger partial charge in [-0.05, 0) is 48.9 Å². The Hall–Kier alpha value is -4.13. The molecular weight excluding hydrogens is 420 g/mol. The number of amides is 2. The molecule has 0 bridgehead atoms. The second-order valence-electron chi connectivity index (χ2n) is 7.35. The molecule has 0 fully saturated rings. The normalized spacial score (nSPS) is 11.2. The molecule has 0 radical (unpaired) electrons. The minimum atomic E-state index is -0.612. The highest BCUT2D eigenvalue weighted by atomic mass is 16.5. The van der Waals surface area contributed by atoms with Crippen LogP contribution in [-0.2, 0) is 19.1 Å². The molecule has 7 nitrogen and oxygen atoms in total. The predicted octanol–water partition coefficient (Wildman–Crippen LogP) is 4.62. The van der Waals surface area contributed by atoms with Gasteiger partial charge in [-0.15, -0.1) is 0 Å². The summed E-state index contributed by atoms with van der Waals surface area (Å²) >= 11 is 0. The summed E-state index contributed by atoms with van der Waals surface area (Å²) in [5.74, 6) is 0.0192. The monoisotopic (exact) mass is 446 g/mol. The molecule has 3 aromatic rings. The van der Waals surface area contributed by atoms with Crippen molar-refractivity contribution >= 4 is 23.5 Å². The van der Waals surface area contributed by atoms with Crippen molar-refractivity contribution in [1.82, 2.24) is 5.32 Å². The van der Waals surface area contributed by atoms with E-state index in [4.69, 9.17) is 9.47 Å². The fraction of sp³-hybridized carbons (Fsp3) is 0.192. The van der Waals surface area contributed by atoms with E-state index in [0.717, 1.165) is 11.3 Å². The number of ether oxygens (including phenoxy) is 2. The first-order valence-electron chi connectivity index (χ1n) is 10.6. The Morgan fingerprint density at radius 1 is 0.758 bits per heavy atom. The van der Waals surface area contributed by atoms with Crippen molar-refractivity contribution in [2.75, 3.05) is 11.9 Å². The first-order valence-corrected chi connectivity index (χ1v) is 10.6. The Balaban J connectivity index is 1.34. The van der Waals surface area contributed by atoms with Gasteiger partial charge in [0.1, 0.15) is 11.5 Å². The summed E-state index contributed by atoms with van der Waals surface area (Å²) in [5, 5.41) is 5.48. The van der Waals surface area contributed by atoms with E-state index in [-0.39, 0.29) is 31.4 Å². The predicted molar refractivity (Wildman–Crippen MR) is 125 cm³/mol. The van der Waals surface area contributed by atoms with Crippen molar-refractivity contribution in [2.24, 2.45) is 0 Å². The van der Waals surface area contributed by atoms with E-state index in [0.29, 0.717) is 11.4 Å². The molecule has 3 aromatic carbocycles. The number of carbonyl (C=O) groups excluding carboxylic acids is 3. The number of benzene rings is 3. The van der Waals surface area contributed by atoms with Gasteiger partial charge in [0.25, 0.3) is 5.91 Å². The standard InChI is InChI=1S/C26H26N2O5/c1-19(20-8-4-2-5-9-20)27-25(30)18-32-26(31)17-16-24(29)28-21-12-14-23(15-13-21)33-22-10-6-3-7-11-22/h2-15,19H,16-18H2,1H3,(H,27,30)(H,28,29)/t19-/m1/s1. The maximum Gasteiger partial charge on any atom is 0.306 e. The number of anilines is 1. The van der Waals surface area contributed by atoms with Crippen molar-refractivity contribution in [3.8, 4) is 11.5 Å². The van der Waals surface area contributed by atoms with Gasteiger partial charge in [0.05, 0.1) is 12.5 Å². The minimum absolute atomic E-state index is 0.0524. The zero-order valence-electron chi connectivity index (χ0n) is 18.3. The van der Waals surface area contributed by atoms with E-state index >= 15 is 0 Å². The van der Waals surface area contributed by atoms with E-state index in [9.17, 15) is 14.4 Å². The van der Waals surface area contributed by atoms with Crippen molar-refractivity contribution in [1.29, 1.82) is 0 Å². The van der Waals surface area contributed by atoms with Gasteiger partial charge >= 0.3 is 5.97 Å². The van der Waals surface area contributed by atoms with Crippen LogP contribution in [-0.4, -0.2) is 24.4 Å². The number of nitrogens with one attached hydrogen (secondary N) is 2. The second kappa shape index (κ2) is 12.0. The Morgan fingerprint density at radius 2 is 1.36 bits per heavy atom. The molecule has 0 spiro atoms. The lowest BCUT2D eigenvalue weighted by Crippen LogP contribution is -2.31. The summed E-state index contributed by atoms with van der Waals surface area (Å²) in [6.45, 7) is 1.46. The molecule has 0 aliphatic rings. The number of esters is 1. The van der Waals surface area contributed by atoms with E-state index < -0.39 is 11.9 Å². The third-order valence-electron chi connectivity index (χ3n) is 4.71. The maximum atomic E-state index is 12.1. The molecule has 3 rings (SSSR count). The van der Waals surface area contributed by atoms with Gasteiger partial charge in [-0.1, -0.05) is 48.5 Å². The van der Waals surface area contributed by atoms with Crippen LogP contribution in [0, 0.1) is 0 Å². The number of para-hydroxylation sites is 1. The van der Waals surface area contributed by atoms with Crippen LogP contribution < -0.4 is 15.4 Å². The molecule has 0 unspecified atom stereocenters. The molecule has 2 amide bonds. The van der Waals surface area contributed by atoms with Gasteiger partial charge in [0.15, 0.2) is 6.61 Å². The summed E-state index contributed by atoms with van der Waals surface area (Å²) in [4.78, 5) is 36.0. The van der Waals surface area contributed by atoms with Crippen molar-refractivity contribution in [3.05, 3.63) is 90.5 Å². The average molecular weight is 447 g/mol. The fourth-order valence-electron chi connectivity index (χ4n) is 3.00. The van der Waals surface area contributed by atoms with Crippen LogP contribution in [0.15, 0.2) is 84.9 Å². The topological polar surface area (TPSA) is 93.7 Å². The first kappa shape index (κ1) is 23.5. The van der Waals surface area contributed by atoms with Crippen LogP contribution in [0.5, 0.6) is 11.5 Å². The summed E-state index contributed by atoms with van der Waals surface area (Å²) in [5.41, 5.74) is 1.54. The minimum Gasteiger partial charge on any atom is -0.457 e. The van der Waals surface area contributed by atoms with E-state index in [2.05, 4.69) is 10.6 Å². The highest BCUT2D eigenvalue weighted by molar-refractivity contribution is 5.92. The van der Waals surface area contributed by atoms with Gasteiger partial charge in [-0.25, -0.2) is 0 Å². The third kappa shape index (κ3) is 8.14. The van der Waals surface area contributed by atoms with Crippen LogP contribution >= 0.6 is 0 Å². The van der Waals surface area contributed by atoms with E-state index in [1.807, 2.05) is 67.6 Å². The Morgan fingerprint density at radius 3 is 2.03 bits per heavy atom. The number of hydrogen-bond donors (Lipinski definition) is 2. The lowest BCUT2D eigenvalue weighted by molar-refractivity contribution is -0.149. The Labute approximate surface area is 192 Å². The molecule has 7 heteroatoms. The molecule has 0 saturated carbocycles. The molecule has 0 aromatic heterocycles. The van der Waals surface area contributed by atoms with E-state index in [1.54, 1.807) is 24.3 Å². The average Bonchev–Trinajstić information content (AvgIpc) is 2.84. The SMILES string of the molecule is C[C@@H](NC(=O)COC(=O)CCC(=O)Nc1ccc(Oc2ccccc2)cc1)c1ccccc1. The van der Waals surface area contributed by atoms with Crippen molar-refractivity contribution < 1.29 is 23.9 Å². The summed E-state index contributed by atoms with van der Waals surface area (Å²) < 4.78 is 10.7. The lowest BCUT2D eigenvalue weighted by Gasteiger charge is -2.14. The van der Waals surface area contributed by atoms with Gasteiger partial charge in [-0.2, -0.15) is 0 Å². The van der Waals surface area contributed by atoms with Gasteiger partial charge in [0, 0.05) is 12.1 Å². The molecule has 33 heavy (non-hydrogen) atoms. The zero-order valence-corrected chi connectivity index (χ0v) is 18.3. The van der Waals surface area contributed by atoms with Crippen molar-refractivity contribution in [3.63, 3.8) is 0 Å². The smallest absolute Gasteiger partial charge is 0.306 e.